The van der Waals surface area contributed by atoms with Crippen LogP contribution in [-0.4, -0.2) is 41.1 Å². The summed E-state index contributed by atoms with van der Waals surface area (Å²) < 4.78 is 0. The van der Waals surface area contributed by atoms with Gasteiger partial charge in [0.15, 0.2) is 0 Å². The van der Waals surface area contributed by atoms with E-state index in [9.17, 15) is 9.90 Å². The lowest BCUT2D eigenvalue weighted by Gasteiger charge is -2.38. The highest BCUT2D eigenvalue weighted by atomic mass is 16.3. The summed E-state index contributed by atoms with van der Waals surface area (Å²) >= 11 is 0. The van der Waals surface area contributed by atoms with E-state index in [1.807, 2.05) is 30.0 Å². The number of hydrogen-bond acceptors (Lipinski definition) is 3. The summed E-state index contributed by atoms with van der Waals surface area (Å²) in [6.45, 7) is 3.99. The molecule has 20 heavy (non-hydrogen) atoms. The van der Waals surface area contributed by atoms with Crippen LogP contribution in [0.4, 0.5) is 0 Å². The van der Waals surface area contributed by atoms with Gasteiger partial charge in [0.25, 0.3) is 0 Å². The van der Waals surface area contributed by atoms with E-state index in [2.05, 4.69) is 11.4 Å². The lowest BCUT2D eigenvalue weighted by Crippen LogP contribution is -2.49. The molecule has 1 amide bonds. The third-order valence-corrected chi connectivity index (χ3v) is 4.51. The van der Waals surface area contributed by atoms with Crippen LogP contribution in [0, 0.1) is 0 Å². The molecule has 1 aromatic rings. The Kier molecular flexibility index (Phi) is 3.52. The van der Waals surface area contributed by atoms with E-state index in [0.29, 0.717) is 25.9 Å². The predicted octanol–water partition coefficient (Wildman–Crippen LogP) is 1.25. The van der Waals surface area contributed by atoms with Gasteiger partial charge in [-0.25, -0.2) is 0 Å². The molecule has 1 saturated heterocycles. The molecule has 2 aliphatic rings. The highest BCUT2D eigenvalue weighted by molar-refractivity contribution is 5.84. The van der Waals surface area contributed by atoms with Crippen LogP contribution in [0.3, 0.4) is 0 Å². The van der Waals surface area contributed by atoms with Gasteiger partial charge in [0.1, 0.15) is 6.04 Å². The Bertz CT molecular complexity index is 503. The van der Waals surface area contributed by atoms with Gasteiger partial charge in [-0.05, 0) is 37.3 Å². The average Bonchev–Trinajstić information content (AvgIpc) is 2.46. The van der Waals surface area contributed by atoms with Gasteiger partial charge < -0.3 is 15.3 Å². The van der Waals surface area contributed by atoms with E-state index in [1.165, 1.54) is 5.56 Å². The van der Waals surface area contributed by atoms with Crippen molar-refractivity contribution < 1.29 is 9.90 Å². The van der Waals surface area contributed by atoms with E-state index in [0.717, 1.165) is 18.5 Å². The molecule has 1 aromatic carbocycles. The van der Waals surface area contributed by atoms with Gasteiger partial charge in [-0.3, -0.25) is 4.79 Å². The second kappa shape index (κ2) is 5.19. The Morgan fingerprint density at radius 3 is 2.80 bits per heavy atom. The minimum atomic E-state index is -0.616. The van der Waals surface area contributed by atoms with Gasteiger partial charge in [-0.1, -0.05) is 24.3 Å². The number of carbonyl (C=O) groups excluding carboxylic acids is 1. The molecule has 0 radical (unpaired) electrons. The topological polar surface area (TPSA) is 52.6 Å². The first kappa shape index (κ1) is 13.6. The average molecular weight is 274 g/mol. The van der Waals surface area contributed by atoms with Crippen LogP contribution in [0.15, 0.2) is 24.3 Å². The summed E-state index contributed by atoms with van der Waals surface area (Å²) in [5.74, 6) is 0.146. The first-order valence-corrected chi connectivity index (χ1v) is 7.39. The highest BCUT2D eigenvalue weighted by Crippen LogP contribution is 2.27. The number of nitrogens with one attached hydrogen (secondary N) is 1. The number of piperidine rings is 1. The molecular formula is C16H22N2O2. The van der Waals surface area contributed by atoms with E-state index in [-0.39, 0.29) is 11.9 Å². The minimum absolute atomic E-state index is 0.146. The number of fused-ring (bicyclic) bond motifs is 1. The molecule has 1 unspecified atom stereocenters. The van der Waals surface area contributed by atoms with Crippen LogP contribution >= 0.6 is 0 Å². The van der Waals surface area contributed by atoms with Crippen molar-refractivity contribution in [2.24, 2.45) is 0 Å². The number of rotatable bonds is 1. The molecule has 2 heterocycles. The summed E-state index contributed by atoms with van der Waals surface area (Å²) in [6.07, 6.45) is 2.30. The molecule has 0 spiro atoms. The summed E-state index contributed by atoms with van der Waals surface area (Å²) in [4.78, 5) is 14.6. The summed E-state index contributed by atoms with van der Waals surface area (Å²) in [5.41, 5.74) is 1.77. The molecule has 1 atom stereocenters. The quantitative estimate of drug-likeness (QED) is 0.810. The molecule has 0 aliphatic carbocycles. The molecular weight excluding hydrogens is 252 g/mol. The fraction of sp³-hybridized carbons (Fsp3) is 0.562. The zero-order chi connectivity index (χ0) is 14.2. The molecule has 3 rings (SSSR count). The SMILES string of the molecule is CC1(O)CCN(C(=O)C2NCCc3ccccc32)CC1. The summed E-state index contributed by atoms with van der Waals surface area (Å²) in [7, 11) is 0. The lowest BCUT2D eigenvalue weighted by atomic mass is 9.91. The maximum absolute atomic E-state index is 12.7. The monoisotopic (exact) mass is 274 g/mol. The number of hydrogen-bond donors (Lipinski definition) is 2. The van der Waals surface area contributed by atoms with Crippen LogP contribution in [0.1, 0.15) is 36.9 Å². The van der Waals surface area contributed by atoms with Gasteiger partial charge in [0, 0.05) is 19.6 Å². The van der Waals surface area contributed by atoms with E-state index >= 15 is 0 Å². The van der Waals surface area contributed by atoms with Crippen LogP contribution in [-0.2, 0) is 11.2 Å². The zero-order valence-corrected chi connectivity index (χ0v) is 11.9. The Labute approximate surface area is 119 Å². The van der Waals surface area contributed by atoms with Crippen molar-refractivity contribution in [1.29, 1.82) is 0 Å². The van der Waals surface area contributed by atoms with Gasteiger partial charge in [0.05, 0.1) is 5.60 Å². The molecule has 108 valence electrons. The van der Waals surface area contributed by atoms with Crippen LogP contribution in [0.2, 0.25) is 0 Å². The van der Waals surface area contributed by atoms with Gasteiger partial charge >= 0.3 is 0 Å². The third kappa shape index (κ3) is 2.58. The first-order chi connectivity index (χ1) is 9.57. The number of amides is 1. The van der Waals surface area contributed by atoms with Gasteiger partial charge in [-0.15, -0.1) is 0 Å². The van der Waals surface area contributed by atoms with Crippen molar-refractivity contribution >= 4 is 5.91 Å². The molecule has 2 N–H and O–H groups in total. The molecule has 4 nitrogen and oxygen atoms in total. The fourth-order valence-corrected chi connectivity index (χ4v) is 3.12. The molecule has 0 saturated carbocycles. The molecule has 1 fully saturated rings. The van der Waals surface area contributed by atoms with Crippen molar-refractivity contribution in [2.45, 2.75) is 37.8 Å². The van der Waals surface area contributed by atoms with Crippen molar-refractivity contribution in [1.82, 2.24) is 10.2 Å². The minimum Gasteiger partial charge on any atom is -0.390 e. The lowest BCUT2D eigenvalue weighted by molar-refractivity contribution is -0.137. The van der Waals surface area contributed by atoms with E-state index < -0.39 is 5.60 Å². The smallest absolute Gasteiger partial charge is 0.244 e. The molecule has 0 aromatic heterocycles. The number of carbonyl (C=O) groups is 1. The summed E-state index contributed by atoms with van der Waals surface area (Å²) in [5, 5.41) is 13.3. The summed E-state index contributed by atoms with van der Waals surface area (Å²) in [6, 6.07) is 7.96. The Hall–Kier alpha value is -1.39. The Morgan fingerprint density at radius 1 is 1.35 bits per heavy atom. The predicted molar refractivity (Wildman–Crippen MR) is 77.3 cm³/mol. The molecule has 0 bridgehead atoms. The number of nitrogens with zero attached hydrogens (tertiary/aromatic N) is 1. The number of benzene rings is 1. The van der Waals surface area contributed by atoms with E-state index in [4.69, 9.17) is 0 Å². The Balaban J connectivity index is 1.76. The largest absolute Gasteiger partial charge is 0.390 e. The van der Waals surface area contributed by atoms with Crippen molar-refractivity contribution in [3.63, 3.8) is 0 Å². The second-order valence-electron chi connectivity index (χ2n) is 6.16. The molecule has 4 heteroatoms. The van der Waals surface area contributed by atoms with Crippen molar-refractivity contribution in [3.8, 4) is 0 Å². The van der Waals surface area contributed by atoms with Gasteiger partial charge in [0.2, 0.25) is 5.91 Å². The maximum Gasteiger partial charge on any atom is 0.244 e. The van der Waals surface area contributed by atoms with Gasteiger partial charge in [-0.2, -0.15) is 0 Å². The normalized spacial score (nSPS) is 25.1. The Morgan fingerprint density at radius 2 is 2.05 bits per heavy atom. The maximum atomic E-state index is 12.7. The van der Waals surface area contributed by atoms with Crippen molar-refractivity contribution in [3.05, 3.63) is 35.4 Å². The van der Waals surface area contributed by atoms with Crippen molar-refractivity contribution in [2.75, 3.05) is 19.6 Å². The first-order valence-electron chi connectivity index (χ1n) is 7.39. The standard InChI is InChI=1S/C16H22N2O2/c1-16(20)7-10-18(11-8-16)15(19)14-13-5-3-2-4-12(13)6-9-17-14/h2-5,14,17,20H,6-11H2,1H3. The number of aliphatic hydroxyl groups is 1. The second-order valence-corrected chi connectivity index (χ2v) is 6.16. The molecule has 2 aliphatic heterocycles. The third-order valence-electron chi connectivity index (χ3n) is 4.51. The highest BCUT2D eigenvalue weighted by Gasteiger charge is 2.34. The van der Waals surface area contributed by atoms with E-state index in [1.54, 1.807) is 0 Å². The van der Waals surface area contributed by atoms with Crippen LogP contribution in [0.5, 0.6) is 0 Å². The zero-order valence-electron chi connectivity index (χ0n) is 11.9. The fourth-order valence-electron chi connectivity index (χ4n) is 3.12. The van der Waals surface area contributed by atoms with Crippen LogP contribution < -0.4 is 5.32 Å². The number of likely N-dealkylation sites (tertiary alicyclic amines) is 1. The van der Waals surface area contributed by atoms with Crippen LogP contribution in [0.25, 0.3) is 0 Å².